The minimum Gasteiger partial charge on any atom is -0.389 e. The highest BCUT2D eigenvalue weighted by Gasteiger charge is 2.02. The molecule has 0 aliphatic heterocycles. The number of rotatable bonds is 14. The predicted molar refractivity (Wildman–Crippen MR) is 78.2 cm³/mol. The quantitative estimate of drug-likeness (QED) is 0.376. The maximum absolute atomic E-state index is 9.62. The molecule has 0 saturated heterocycles. The van der Waals surface area contributed by atoms with Crippen LogP contribution >= 0.6 is 0 Å². The fourth-order valence-corrected chi connectivity index (χ4v) is 1.90. The SMILES string of the molecule is CCCCCCCCNCC(O)COCCC[Si]. The fourth-order valence-electron chi connectivity index (χ4n) is 1.75. The maximum atomic E-state index is 9.62. The van der Waals surface area contributed by atoms with Gasteiger partial charge in [0, 0.05) is 23.4 Å². The average Bonchev–Trinajstić information content (AvgIpc) is 2.38. The zero-order valence-corrected chi connectivity index (χ0v) is 12.9. The molecule has 0 spiro atoms. The molecule has 18 heavy (non-hydrogen) atoms. The van der Waals surface area contributed by atoms with Crippen molar-refractivity contribution in [1.82, 2.24) is 5.32 Å². The second-order valence-electron chi connectivity index (χ2n) is 4.80. The van der Waals surface area contributed by atoms with Crippen molar-refractivity contribution < 1.29 is 9.84 Å². The van der Waals surface area contributed by atoms with Gasteiger partial charge in [-0.1, -0.05) is 45.1 Å². The molecule has 0 heterocycles. The Labute approximate surface area is 116 Å². The van der Waals surface area contributed by atoms with Gasteiger partial charge in [0.05, 0.1) is 12.7 Å². The minimum absolute atomic E-state index is 0.375. The van der Waals surface area contributed by atoms with Gasteiger partial charge in [0.1, 0.15) is 0 Å². The molecule has 1 unspecified atom stereocenters. The molecule has 4 heteroatoms. The van der Waals surface area contributed by atoms with Crippen LogP contribution in [0.2, 0.25) is 6.04 Å². The molecule has 2 N–H and O–H groups in total. The summed E-state index contributed by atoms with van der Waals surface area (Å²) in [5.74, 6) is 0. The number of aliphatic hydroxyl groups is 1. The van der Waals surface area contributed by atoms with Crippen LogP contribution in [0, 0.1) is 0 Å². The van der Waals surface area contributed by atoms with Crippen LogP contribution < -0.4 is 5.32 Å². The lowest BCUT2D eigenvalue weighted by Gasteiger charge is -2.12. The van der Waals surface area contributed by atoms with E-state index in [0.29, 0.717) is 13.2 Å². The van der Waals surface area contributed by atoms with E-state index in [1.807, 2.05) is 0 Å². The maximum Gasteiger partial charge on any atom is 0.0897 e. The zero-order chi connectivity index (χ0) is 13.5. The average molecular weight is 272 g/mol. The number of hydrogen-bond acceptors (Lipinski definition) is 3. The van der Waals surface area contributed by atoms with Crippen molar-refractivity contribution >= 4 is 10.2 Å². The van der Waals surface area contributed by atoms with Crippen LogP contribution in [0.1, 0.15) is 51.9 Å². The van der Waals surface area contributed by atoms with Crippen LogP contribution in [0.25, 0.3) is 0 Å². The van der Waals surface area contributed by atoms with Crippen LogP contribution in [-0.4, -0.2) is 47.8 Å². The van der Waals surface area contributed by atoms with E-state index in [1.165, 1.54) is 38.5 Å². The molecule has 0 fully saturated rings. The summed E-state index contributed by atoms with van der Waals surface area (Å²) in [6.45, 7) is 5.05. The minimum atomic E-state index is -0.375. The highest BCUT2D eigenvalue weighted by molar-refractivity contribution is 6.08. The number of ether oxygens (including phenoxy) is 1. The summed E-state index contributed by atoms with van der Waals surface area (Å²) in [7, 11) is 3.39. The van der Waals surface area contributed by atoms with Gasteiger partial charge in [-0.25, -0.2) is 0 Å². The largest absolute Gasteiger partial charge is 0.389 e. The van der Waals surface area contributed by atoms with Crippen molar-refractivity contribution in [2.45, 2.75) is 64.0 Å². The summed E-state index contributed by atoms with van der Waals surface area (Å²) in [5, 5.41) is 12.9. The lowest BCUT2D eigenvalue weighted by atomic mass is 10.1. The Morgan fingerprint density at radius 1 is 1.11 bits per heavy atom. The first kappa shape index (κ1) is 18.1. The van der Waals surface area contributed by atoms with Gasteiger partial charge >= 0.3 is 0 Å². The molecular weight excluding hydrogens is 242 g/mol. The van der Waals surface area contributed by atoms with Gasteiger partial charge in [-0.05, 0) is 19.4 Å². The van der Waals surface area contributed by atoms with Gasteiger partial charge in [0.2, 0.25) is 0 Å². The van der Waals surface area contributed by atoms with E-state index in [4.69, 9.17) is 4.74 Å². The number of nitrogens with one attached hydrogen (secondary N) is 1. The highest BCUT2D eigenvalue weighted by Crippen LogP contribution is 2.03. The third-order valence-corrected chi connectivity index (χ3v) is 3.22. The molecule has 0 aromatic carbocycles. The Hall–Kier alpha value is 0.0969. The monoisotopic (exact) mass is 272 g/mol. The van der Waals surface area contributed by atoms with Crippen molar-refractivity contribution in [3.05, 3.63) is 0 Å². The van der Waals surface area contributed by atoms with E-state index in [0.717, 1.165) is 25.6 Å². The van der Waals surface area contributed by atoms with Crippen LogP contribution in [0.3, 0.4) is 0 Å². The first-order chi connectivity index (χ1) is 8.81. The van der Waals surface area contributed by atoms with E-state index < -0.39 is 0 Å². The molecule has 3 radical (unpaired) electrons. The zero-order valence-electron chi connectivity index (χ0n) is 11.9. The van der Waals surface area contributed by atoms with Gasteiger partial charge < -0.3 is 15.2 Å². The van der Waals surface area contributed by atoms with Gasteiger partial charge in [0.25, 0.3) is 0 Å². The molecule has 0 rings (SSSR count). The summed E-state index contributed by atoms with van der Waals surface area (Å²) in [5.41, 5.74) is 0. The molecule has 0 saturated carbocycles. The third kappa shape index (κ3) is 14.2. The van der Waals surface area contributed by atoms with Gasteiger partial charge in [-0.2, -0.15) is 0 Å². The van der Waals surface area contributed by atoms with Gasteiger partial charge in [0.15, 0.2) is 0 Å². The van der Waals surface area contributed by atoms with Crippen molar-refractivity contribution in [2.75, 3.05) is 26.3 Å². The lowest BCUT2D eigenvalue weighted by Crippen LogP contribution is -2.31. The Morgan fingerprint density at radius 3 is 2.56 bits per heavy atom. The van der Waals surface area contributed by atoms with Crippen molar-refractivity contribution in [2.24, 2.45) is 0 Å². The summed E-state index contributed by atoms with van der Waals surface area (Å²) < 4.78 is 5.34. The molecule has 0 aliphatic rings. The van der Waals surface area contributed by atoms with Crippen molar-refractivity contribution in [1.29, 1.82) is 0 Å². The molecular formula is C14H30NO2Si. The highest BCUT2D eigenvalue weighted by atomic mass is 28.1. The van der Waals surface area contributed by atoms with E-state index in [-0.39, 0.29) is 6.10 Å². The molecule has 0 aromatic heterocycles. The van der Waals surface area contributed by atoms with E-state index in [2.05, 4.69) is 22.5 Å². The first-order valence-corrected chi connectivity index (χ1v) is 8.13. The smallest absolute Gasteiger partial charge is 0.0897 e. The summed E-state index contributed by atoms with van der Waals surface area (Å²) in [4.78, 5) is 0. The molecule has 0 bridgehead atoms. The lowest BCUT2D eigenvalue weighted by molar-refractivity contribution is 0.0374. The second-order valence-corrected chi connectivity index (χ2v) is 5.30. The van der Waals surface area contributed by atoms with Crippen molar-refractivity contribution in [3.63, 3.8) is 0 Å². The first-order valence-electron chi connectivity index (χ1n) is 7.42. The Kier molecular flexibility index (Phi) is 15.2. The number of unbranched alkanes of at least 4 members (excludes halogenated alkanes) is 5. The molecule has 1 atom stereocenters. The predicted octanol–water partition coefficient (Wildman–Crippen LogP) is 2.29. The molecule has 0 amide bonds. The fraction of sp³-hybridized carbons (Fsp3) is 1.00. The summed E-state index contributed by atoms with van der Waals surface area (Å²) in [6, 6.07) is 0.951. The van der Waals surface area contributed by atoms with E-state index in [9.17, 15) is 5.11 Å². The van der Waals surface area contributed by atoms with Crippen LogP contribution in [0.5, 0.6) is 0 Å². The standard InChI is InChI=1S/C14H30NO2Si/c1-2-3-4-5-6-7-9-15-12-14(16)13-17-10-8-11-18/h14-16H,2-13H2,1H3. The molecule has 107 valence electrons. The van der Waals surface area contributed by atoms with E-state index in [1.54, 1.807) is 0 Å². The van der Waals surface area contributed by atoms with Gasteiger partial charge in [-0.3, -0.25) is 0 Å². The number of hydrogen-bond donors (Lipinski definition) is 2. The van der Waals surface area contributed by atoms with Crippen LogP contribution in [-0.2, 0) is 4.74 Å². The summed E-state index contributed by atoms with van der Waals surface area (Å²) >= 11 is 0. The van der Waals surface area contributed by atoms with Crippen molar-refractivity contribution in [3.8, 4) is 0 Å². The number of aliphatic hydroxyl groups excluding tert-OH is 1. The Bertz CT molecular complexity index is 159. The Balaban J connectivity index is 3.08. The van der Waals surface area contributed by atoms with Crippen LogP contribution in [0.4, 0.5) is 0 Å². The van der Waals surface area contributed by atoms with E-state index >= 15 is 0 Å². The topological polar surface area (TPSA) is 41.5 Å². The molecule has 3 nitrogen and oxygen atoms in total. The third-order valence-electron chi connectivity index (χ3n) is 2.86. The molecule has 0 aliphatic carbocycles. The van der Waals surface area contributed by atoms with Crippen LogP contribution in [0.15, 0.2) is 0 Å². The van der Waals surface area contributed by atoms with Gasteiger partial charge in [-0.15, -0.1) is 0 Å². The molecule has 0 aromatic rings. The second kappa shape index (κ2) is 15.2. The summed E-state index contributed by atoms with van der Waals surface area (Å²) in [6.07, 6.45) is 8.49. The Morgan fingerprint density at radius 2 is 1.83 bits per heavy atom. The normalized spacial score (nSPS) is 12.8.